The fourth-order valence-electron chi connectivity index (χ4n) is 2.44. The maximum absolute atomic E-state index is 12.2. The van der Waals surface area contributed by atoms with Gasteiger partial charge in [0.25, 0.3) is 0 Å². The number of carbonyl (C=O) groups is 1. The SMILES string of the molecule is O=C(OCCOc1ccccc1)c1cccc(OCCOc2ccccc2)c1. The lowest BCUT2D eigenvalue weighted by molar-refractivity contribution is 0.0450. The van der Waals surface area contributed by atoms with Crippen molar-refractivity contribution < 1.29 is 23.7 Å². The lowest BCUT2D eigenvalue weighted by atomic mass is 10.2. The molecule has 3 rings (SSSR count). The minimum absolute atomic E-state index is 0.170. The molecular weight excluding hydrogens is 356 g/mol. The van der Waals surface area contributed by atoms with Gasteiger partial charge in [-0.15, -0.1) is 0 Å². The highest BCUT2D eigenvalue weighted by atomic mass is 16.6. The van der Waals surface area contributed by atoms with E-state index in [-0.39, 0.29) is 6.61 Å². The van der Waals surface area contributed by atoms with E-state index in [4.69, 9.17) is 18.9 Å². The summed E-state index contributed by atoms with van der Waals surface area (Å²) in [4.78, 5) is 12.2. The number of benzene rings is 3. The molecule has 3 aromatic rings. The minimum atomic E-state index is -0.414. The third-order valence-corrected chi connectivity index (χ3v) is 3.76. The molecule has 0 aliphatic carbocycles. The smallest absolute Gasteiger partial charge is 0.338 e. The number of rotatable bonds is 10. The van der Waals surface area contributed by atoms with Crippen LogP contribution in [0.15, 0.2) is 84.9 Å². The Morgan fingerprint density at radius 2 is 1.07 bits per heavy atom. The Hall–Kier alpha value is -3.47. The lowest BCUT2D eigenvalue weighted by Crippen LogP contribution is -2.13. The van der Waals surface area contributed by atoms with Crippen LogP contribution in [-0.2, 0) is 4.74 Å². The third-order valence-electron chi connectivity index (χ3n) is 3.76. The molecule has 3 aromatic carbocycles. The quantitative estimate of drug-likeness (QED) is 0.387. The number of carbonyl (C=O) groups excluding carboxylic acids is 1. The topological polar surface area (TPSA) is 54.0 Å². The minimum Gasteiger partial charge on any atom is -0.490 e. The van der Waals surface area contributed by atoms with E-state index in [2.05, 4.69) is 0 Å². The van der Waals surface area contributed by atoms with Crippen molar-refractivity contribution in [2.75, 3.05) is 26.4 Å². The highest BCUT2D eigenvalue weighted by Gasteiger charge is 2.08. The molecule has 0 saturated carbocycles. The lowest BCUT2D eigenvalue weighted by Gasteiger charge is -2.10. The van der Waals surface area contributed by atoms with Crippen molar-refractivity contribution in [1.82, 2.24) is 0 Å². The van der Waals surface area contributed by atoms with Crippen molar-refractivity contribution in [1.29, 1.82) is 0 Å². The van der Waals surface area contributed by atoms with E-state index < -0.39 is 5.97 Å². The van der Waals surface area contributed by atoms with E-state index in [1.54, 1.807) is 24.3 Å². The summed E-state index contributed by atoms with van der Waals surface area (Å²) < 4.78 is 22.0. The first kappa shape index (κ1) is 19.3. The van der Waals surface area contributed by atoms with Gasteiger partial charge in [-0.2, -0.15) is 0 Å². The molecule has 0 spiro atoms. The van der Waals surface area contributed by atoms with E-state index in [1.807, 2.05) is 60.7 Å². The Morgan fingerprint density at radius 1 is 0.571 bits per heavy atom. The summed E-state index contributed by atoms with van der Waals surface area (Å²) in [7, 11) is 0. The van der Waals surface area contributed by atoms with Crippen molar-refractivity contribution >= 4 is 5.97 Å². The first-order valence-electron chi connectivity index (χ1n) is 9.07. The number of esters is 1. The van der Waals surface area contributed by atoms with Gasteiger partial charge in [0.15, 0.2) is 0 Å². The zero-order valence-electron chi connectivity index (χ0n) is 15.5. The second kappa shape index (κ2) is 10.6. The molecule has 0 radical (unpaired) electrons. The standard InChI is InChI=1S/C23H22O5/c24-23(28-17-16-26-21-11-5-2-6-12-21)19-8-7-13-22(18-19)27-15-14-25-20-9-3-1-4-10-20/h1-13,18H,14-17H2. The molecule has 0 fully saturated rings. The summed E-state index contributed by atoms with van der Waals surface area (Å²) in [6.45, 7) is 1.25. The van der Waals surface area contributed by atoms with Gasteiger partial charge in [0.05, 0.1) is 5.56 Å². The average Bonchev–Trinajstić information content (AvgIpc) is 2.76. The number of hydrogen-bond donors (Lipinski definition) is 0. The van der Waals surface area contributed by atoms with Crippen LogP contribution in [0.5, 0.6) is 17.2 Å². The summed E-state index contributed by atoms with van der Waals surface area (Å²) in [5.41, 5.74) is 0.432. The molecule has 0 atom stereocenters. The summed E-state index contributed by atoms with van der Waals surface area (Å²) in [6.07, 6.45) is 0. The number of para-hydroxylation sites is 2. The molecule has 5 nitrogen and oxygen atoms in total. The molecule has 0 aliphatic rings. The molecule has 0 aromatic heterocycles. The number of ether oxygens (including phenoxy) is 4. The predicted octanol–water partition coefficient (Wildman–Crippen LogP) is 4.38. The van der Waals surface area contributed by atoms with Crippen molar-refractivity contribution in [3.63, 3.8) is 0 Å². The normalized spacial score (nSPS) is 10.1. The zero-order chi connectivity index (χ0) is 19.4. The van der Waals surface area contributed by atoms with Crippen LogP contribution < -0.4 is 14.2 Å². The van der Waals surface area contributed by atoms with Crippen molar-refractivity contribution in [3.8, 4) is 17.2 Å². The monoisotopic (exact) mass is 378 g/mol. The molecular formula is C23H22O5. The fraction of sp³-hybridized carbons (Fsp3) is 0.174. The van der Waals surface area contributed by atoms with Gasteiger partial charge in [-0.1, -0.05) is 42.5 Å². The Bertz CT molecular complexity index is 849. The van der Waals surface area contributed by atoms with Gasteiger partial charge in [-0.3, -0.25) is 0 Å². The molecule has 28 heavy (non-hydrogen) atoms. The highest BCUT2D eigenvalue weighted by Crippen LogP contribution is 2.15. The van der Waals surface area contributed by atoms with Crippen LogP contribution in [0, 0.1) is 0 Å². The van der Waals surface area contributed by atoms with E-state index in [0.29, 0.717) is 31.1 Å². The molecule has 0 saturated heterocycles. The summed E-state index contributed by atoms with van der Waals surface area (Å²) in [5, 5.41) is 0. The first-order chi connectivity index (χ1) is 13.8. The maximum atomic E-state index is 12.2. The van der Waals surface area contributed by atoms with Crippen LogP contribution in [0.4, 0.5) is 0 Å². The predicted molar refractivity (Wildman–Crippen MR) is 106 cm³/mol. The van der Waals surface area contributed by atoms with Crippen molar-refractivity contribution in [3.05, 3.63) is 90.5 Å². The van der Waals surface area contributed by atoms with Crippen LogP contribution in [0.1, 0.15) is 10.4 Å². The summed E-state index contributed by atoms with van der Waals surface area (Å²) in [6, 6.07) is 25.8. The Kier molecular flexibility index (Phi) is 7.32. The van der Waals surface area contributed by atoms with Crippen molar-refractivity contribution in [2.24, 2.45) is 0 Å². The largest absolute Gasteiger partial charge is 0.490 e. The second-order valence-electron chi connectivity index (χ2n) is 5.84. The second-order valence-corrected chi connectivity index (χ2v) is 5.84. The van der Waals surface area contributed by atoms with E-state index >= 15 is 0 Å². The molecule has 144 valence electrons. The molecule has 0 amide bonds. The van der Waals surface area contributed by atoms with Gasteiger partial charge in [0.2, 0.25) is 0 Å². The van der Waals surface area contributed by atoms with Gasteiger partial charge in [-0.25, -0.2) is 4.79 Å². The molecule has 0 heterocycles. The average molecular weight is 378 g/mol. The van der Waals surface area contributed by atoms with Gasteiger partial charge >= 0.3 is 5.97 Å². The van der Waals surface area contributed by atoms with Crippen LogP contribution >= 0.6 is 0 Å². The zero-order valence-corrected chi connectivity index (χ0v) is 15.5. The van der Waals surface area contributed by atoms with Gasteiger partial charge < -0.3 is 18.9 Å². The fourth-order valence-corrected chi connectivity index (χ4v) is 2.44. The van der Waals surface area contributed by atoms with Gasteiger partial charge in [0.1, 0.15) is 43.7 Å². The number of hydrogen-bond acceptors (Lipinski definition) is 5. The van der Waals surface area contributed by atoms with Gasteiger partial charge in [0, 0.05) is 0 Å². The van der Waals surface area contributed by atoms with Crippen LogP contribution in [0.3, 0.4) is 0 Å². The Balaban J connectivity index is 1.38. The summed E-state index contributed by atoms with van der Waals surface area (Å²) >= 11 is 0. The van der Waals surface area contributed by atoms with E-state index in [1.165, 1.54) is 0 Å². The third kappa shape index (κ3) is 6.36. The molecule has 0 unspecified atom stereocenters. The molecule has 0 aliphatic heterocycles. The molecule has 0 N–H and O–H groups in total. The van der Waals surface area contributed by atoms with Crippen LogP contribution in [0.25, 0.3) is 0 Å². The Morgan fingerprint density at radius 3 is 1.68 bits per heavy atom. The van der Waals surface area contributed by atoms with E-state index in [9.17, 15) is 4.79 Å². The Labute approximate surface area is 164 Å². The van der Waals surface area contributed by atoms with E-state index in [0.717, 1.165) is 11.5 Å². The molecule has 0 bridgehead atoms. The van der Waals surface area contributed by atoms with Crippen LogP contribution in [-0.4, -0.2) is 32.4 Å². The molecule has 5 heteroatoms. The summed E-state index contributed by atoms with van der Waals surface area (Å²) in [5.74, 6) is 1.71. The highest BCUT2D eigenvalue weighted by molar-refractivity contribution is 5.89. The van der Waals surface area contributed by atoms with Crippen LogP contribution in [0.2, 0.25) is 0 Å². The first-order valence-corrected chi connectivity index (χ1v) is 9.07. The van der Waals surface area contributed by atoms with Crippen molar-refractivity contribution in [2.45, 2.75) is 0 Å². The maximum Gasteiger partial charge on any atom is 0.338 e. The van der Waals surface area contributed by atoms with Gasteiger partial charge in [-0.05, 0) is 42.5 Å².